The second kappa shape index (κ2) is 12.1. The fourth-order valence-corrected chi connectivity index (χ4v) is 5.68. The number of aromatic hydroxyl groups is 1. The van der Waals surface area contributed by atoms with Crippen molar-refractivity contribution in [2.75, 3.05) is 6.54 Å². The molecule has 0 saturated carbocycles. The monoisotopic (exact) mass is 487 g/mol. The van der Waals surface area contributed by atoms with Crippen molar-refractivity contribution in [3.05, 3.63) is 125 Å². The molecule has 0 spiro atoms. The van der Waals surface area contributed by atoms with Gasteiger partial charge in [0.05, 0.1) is 0 Å². The van der Waals surface area contributed by atoms with Gasteiger partial charge in [-0.05, 0) is 102 Å². The summed E-state index contributed by atoms with van der Waals surface area (Å²) in [6.07, 6.45) is 6.71. The molecule has 4 aromatic carbocycles. The topological polar surface area (TPSA) is 32.3 Å². The fourth-order valence-electron chi connectivity index (χ4n) is 5.68. The molecule has 5 rings (SSSR count). The van der Waals surface area contributed by atoms with Crippen LogP contribution >= 0.6 is 0 Å². The van der Waals surface area contributed by atoms with Crippen molar-refractivity contribution in [3.8, 4) is 16.9 Å². The molecule has 37 heavy (non-hydrogen) atoms. The van der Waals surface area contributed by atoms with Gasteiger partial charge in [0.2, 0.25) is 0 Å². The van der Waals surface area contributed by atoms with Gasteiger partial charge in [-0.1, -0.05) is 97.4 Å². The summed E-state index contributed by atoms with van der Waals surface area (Å²) in [5, 5.41) is 14.1. The van der Waals surface area contributed by atoms with Gasteiger partial charge in [-0.25, -0.2) is 0 Å². The summed E-state index contributed by atoms with van der Waals surface area (Å²) >= 11 is 0. The van der Waals surface area contributed by atoms with Gasteiger partial charge in [0.1, 0.15) is 5.75 Å². The van der Waals surface area contributed by atoms with E-state index in [0.29, 0.717) is 5.75 Å². The van der Waals surface area contributed by atoms with Gasteiger partial charge in [-0.2, -0.15) is 0 Å². The molecule has 2 N–H and O–H groups in total. The van der Waals surface area contributed by atoms with Crippen LogP contribution in [0.25, 0.3) is 22.3 Å². The first kappa shape index (κ1) is 25.0. The zero-order valence-corrected chi connectivity index (χ0v) is 21.8. The lowest BCUT2D eigenvalue weighted by atomic mass is 9.82. The van der Waals surface area contributed by atoms with Crippen molar-refractivity contribution in [1.29, 1.82) is 0 Å². The summed E-state index contributed by atoms with van der Waals surface area (Å²) in [5.41, 5.74) is 10.6. The SMILES string of the molecule is CC(NCCc1ccccc1)c1cccc(-c2ccccc2)c1C1=C(c2cccc(O)c2)CCCCC1. The molecule has 1 aliphatic carbocycles. The van der Waals surface area contributed by atoms with Crippen molar-refractivity contribution in [2.45, 2.75) is 51.5 Å². The third kappa shape index (κ3) is 6.03. The summed E-state index contributed by atoms with van der Waals surface area (Å²) in [6.45, 7) is 3.22. The molecule has 2 heteroatoms. The first-order valence-electron chi connectivity index (χ1n) is 13.7. The first-order valence-corrected chi connectivity index (χ1v) is 13.7. The largest absolute Gasteiger partial charge is 0.508 e. The summed E-state index contributed by atoms with van der Waals surface area (Å²) in [5.74, 6) is 0.334. The van der Waals surface area contributed by atoms with Crippen molar-refractivity contribution in [2.24, 2.45) is 0 Å². The van der Waals surface area contributed by atoms with E-state index in [1.165, 1.54) is 58.2 Å². The minimum atomic E-state index is 0.212. The number of phenolic OH excluding ortho intramolecular Hbond substituents is 1. The molecule has 0 heterocycles. The van der Waals surface area contributed by atoms with Crippen LogP contribution < -0.4 is 5.32 Å². The highest BCUT2D eigenvalue weighted by atomic mass is 16.3. The molecule has 188 valence electrons. The van der Waals surface area contributed by atoms with Crippen LogP contribution in [0.2, 0.25) is 0 Å². The summed E-state index contributed by atoms with van der Waals surface area (Å²) in [6, 6.07) is 36.3. The number of hydrogen-bond acceptors (Lipinski definition) is 2. The minimum absolute atomic E-state index is 0.212. The van der Waals surface area contributed by atoms with Gasteiger partial charge in [-0.15, -0.1) is 0 Å². The lowest BCUT2D eigenvalue weighted by molar-refractivity contribution is 0.475. The maximum Gasteiger partial charge on any atom is 0.116 e. The van der Waals surface area contributed by atoms with E-state index in [-0.39, 0.29) is 6.04 Å². The Kier molecular flexibility index (Phi) is 8.18. The molecule has 0 saturated heterocycles. The Morgan fingerprint density at radius 2 is 1.38 bits per heavy atom. The Balaban J connectivity index is 1.60. The smallest absolute Gasteiger partial charge is 0.116 e. The highest BCUT2D eigenvalue weighted by Crippen LogP contribution is 2.43. The van der Waals surface area contributed by atoms with E-state index in [0.717, 1.165) is 31.4 Å². The second-order valence-electron chi connectivity index (χ2n) is 10.1. The van der Waals surface area contributed by atoms with E-state index in [1.54, 1.807) is 6.07 Å². The van der Waals surface area contributed by atoms with E-state index in [4.69, 9.17) is 0 Å². The van der Waals surface area contributed by atoms with Crippen LogP contribution in [0.15, 0.2) is 103 Å². The molecule has 1 atom stereocenters. The first-order chi connectivity index (χ1) is 18.2. The number of phenols is 1. The average Bonchev–Trinajstić information content (AvgIpc) is 3.20. The number of rotatable bonds is 8. The molecule has 0 radical (unpaired) electrons. The van der Waals surface area contributed by atoms with Gasteiger partial charge >= 0.3 is 0 Å². The lowest BCUT2D eigenvalue weighted by Gasteiger charge is -2.25. The van der Waals surface area contributed by atoms with Crippen molar-refractivity contribution < 1.29 is 5.11 Å². The summed E-state index contributed by atoms with van der Waals surface area (Å²) in [4.78, 5) is 0. The van der Waals surface area contributed by atoms with Crippen LogP contribution in [0, 0.1) is 0 Å². The molecule has 4 aromatic rings. The van der Waals surface area contributed by atoms with E-state index in [1.807, 2.05) is 12.1 Å². The standard InChI is InChI=1S/C35H37NO/c1-26(36-24-23-27-13-5-2-6-14-27)31-21-12-22-33(28-15-7-3-8-16-28)35(31)34-20-10-4-9-19-32(34)29-17-11-18-30(37)25-29/h2-3,5-8,11-18,21-22,25-26,36-37H,4,9-10,19-20,23-24H2,1H3. The normalized spacial score (nSPS) is 14.8. The molecule has 0 aliphatic heterocycles. The molecule has 0 aromatic heterocycles. The molecule has 0 bridgehead atoms. The average molecular weight is 488 g/mol. The maximum absolute atomic E-state index is 10.3. The van der Waals surface area contributed by atoms with Crippen LogP contribution in [0.5, 0.6) is 5.75 Å². The summed E-state index contributed by atoms with van der Waals surface area (Å²) < 4.78 is 0. The van der Waals surface area contributed by atoms with Gasteiger partial charge in [0.15, 0.2) is 0 Å². The van der Waals surface area contributed by atoms with E-state index in [9.17, 15) is 5.11 Å². The number of hydrogen-bond donors (Lipinski definition) is 2. The van der Waals surface area contributed by atoms with Crippen LogP contribution in [0.4, 0.5) is 0 Å². The fraction of sp³-hybridized carbons (Fsp3) is 0.257. The Hall–Kier alpha value is -3.62. The van der Waals surface area contributed by atoms with Crippen molar-refractivity contribution in [1.82, 2.24) is 5.32 Å². The van der Waals surface area contributed by atoms with Crippen LogP contribution in [0.1, 0.15) is 67.3 Å². The Labute approximate surface area is 221 Å². The zero-order chi connectivity index (χ0) is 25.5. The van der Waals surface area contributed by atoms with Gasteiger partial charge in [0.25, 0.3) is 0 Å². The van der Waals surface area contributed by atoms with Crippen LogP contribution in [-0.2, 0) is 6.42 Å². The third-order valence-corrected chi connectivity index (χ3v) is 7.57. The predicted molar refractivity (Wildman–Crippen MR) is 156 cm³/mol. The number of allylic oxidation sites excluding steroid dienone is 2. The second-order valence-corrected chi connectivity index (χ2v) is 10.1. The predicted octanol–water partition coefficient (Wildman–Crippen LogP) is 8.83. The molecule has 1 unspecified atom stereocenters. The van der Waals surface area contributed by atoms with Gasteiger partial charge in [-0.3, -0.25) is 0 Å². The molecule has 0 fully saturated rings. The quantitative estimate of drug-likeness (QED) is 0.260. The molecular formula is C35H37NO. The molecule has 2 nitrogen and oxygen atoms in total. The number of benzene rings is 4. The number of nitrogens with one attached hydrogen (secondary N) is 1. The molecule has 1 aliphatic rings. The minimum Gasteiger partial charge on any atom is -0.508 e. The lowest BCUT2D eigenvalue weighted by Crippen LogP contribution is -2.22. The van der Waals surface area contributed by atoms with E-state index < -0.39 is 0 Å². The highest BCUT2D eigenvalue weighted by Gasteiger charge is 2.23. The van der Waals surface area contributed by atoms with Crippen LogP contribution in [-0.4, -0.2) is 11.7 Å². The Morgan fingerprint density at radius 1 is 0.703 bits per heavy atom. The molecular weight excluding hydrogens is 450 g/mol. The highest BCUT2D eigenvalue weighted by molar-refractivity contribution is 5.97. The zero-order valence-electron chi connectivity index (χ0n) is 21.8. The summed E-state index contributed by atoms with van der Waals surface area (Å²) in [7, 11) is 0. The van der Waals surface area contributed by atoms with Crippen molar-refractivity contribution in [3.63, 3.8) is 0 Å². The molecule has 0 amide bonds. The Bertz CT molecular complexity index is 1340. The van der Waals surface area contributed by atoms with Gasteiger partial charge in [0, 0.05) is 6.04 Å². The van der Waals surface area contributed by atoms with E-state index in [2.05, 4.69) is 97.2 Å². The van der Waals surface area contributed by atoms with Crippen molar-refractivity contribution >= 4 is 11.1 Å². The maximum atomic E-state index is 10.3. The van der Waals surface area contributed by atoms with Gasteiger partial charge < -0.3 is 10.4 Å². The Morgan fingerprint density at radius 3 is 2.14 bits per heavy atom. The van der Waals surface area contributed by atoms with Crippen LogP contribution in [0.3, 0.4) is 0 Å². The van der Waals surface area contributed by atoms with E-state index >= 15 is 0 Å². The third-order valence-electron chi connectivity index (χ3n) is 7.57.